The number of amides is 1. The van der Waals surface area contributed by atoms with Gasteiger partial charge in [0.2, 0.25) is 10.0 Å². The summed E-state index contributed by atoms with van der Waals surface area (Å²) in [5.41, 5.74) is 0.682. The van der Waals surface area contributed by atoms with Crippen LogP contribution in [0.1, 0.15) is 18.1 Å². The monoisotopic (exact) mass is 348 g/mol. The van der Waals surface area contributed by atoms with Gasteiger partial charge in [-0.3, -0.25) is 4.79 Å². The average Bonchev–Trinajstić information content (AvgIpc) is 2.55. The molecule has 0 saturated carbocycles. The number of primary sulfonamides is 1. The molecule has 1 atom stereocenters. The van der Waals surface area contributed by atoms with E-state index in [-0.39, 0.29) is 11.7 Å². The van der Waals surface area contributed by atoms with Crippen molar-refractivity contribution in [2.24, 2.45) is 5.14 Å². The zero-order valence-corrected chi connectivity index (χ0v) is 14.3. The van der Waals surface area contributed by atoms with Gasteiger partial charge in [-0.25, -0.2) is 13.6 Å². The highest BCUT2D eigenvalue weighted by molar-refractivity contribution is 7.88. The summed E-state index contributed by atoms with van der Waals surface area (Å²) in [6.45, 7) is 1.69. The van der Waals surface area contributed by atoms with Crippen molar-refractivity contribution in [3.8, 4) is 0 Å². The van der Waals surface area contributed by atoms with Crippen molar-refractivity contribution in [1.29, 1.82) is 0 Å². The second-order valence-electron chi connectivity index (χ2n) is 5.56. The van der Waals surface area contributed by atoms with Crippen molar-refractivity contribution < 1.29 is 17.9 Å². The fourth-order valence-electron chi connectivity index (χ4n) is 2.26. The molecule has 6 nitrogen and oxygen atoms in total. The van der Waals surface area contributed by atoms with Crippen LogP contribution in [0.5, 0.6) is 0 Å². The highest BCUT2D eigenvalue weighted by Crippen LogP contribution is 2.26. The molecule has 128 valence electrons. The Labute approximate surface area is 141 Å². The Balaban J connectivity index is 2.16. The number of hydrogen-bond donors (Lipinski definition) is 2. The number of ether oxygens (including phenoxy) is 1. The molecule has 0 aromatic heterocycles. The number of methoxy groups -OCH3 is 1. The maximum absolute atomic E-state index is 12.6. The quantitative estimate of drug-likeness (QED) is 0.834. The number of nitrogens with one attached hydrogen (secondary N) is 1. The van der Waals surface area contributed by atoms with E-state index in [9.17, 15) is 13.2 Å². The number of sulfonamides is 1. The van der Waals surface area contributed by atoms with Crippen LogP contribution in [0.2, 0.25) is 0 Å². The van der Waals surface area contributed by atoms with Crippen LogP contribution in [0, 0.1) is 0 Å². The van der Waals surface area contributed by atoms with E-state index in [4.69, 9.17) is 9.88 Å². The smallest absolute Gasteiger partial charge is 0.260 e. The first kappa shape index (κ1) is 18.1. The van der Waals surface area contributed by atoms with Gasteiger partial charge in [-0.05, 0) is 30.2 Å². The summed E-state index contributed by atoms with van der Waals surface area (Å²) in [6.07, 6.45) is 0. The first-order valence-electron chi connectivity index (χ1n) is 7.26. The van der Waals surface area contributed by atoms with E-state index in [0.717, 1.165) is 5.56 Å². The molecule has 0 aliphatic heterocycles. The summed E-state index contributed by atoms with van der Waals surface area (Å²) >= 11 is 0. The van der Waals surface area contributed by atoms with Crippen molar-refractivity contribution >= 4 is 21.6 Å². The van der Waals surface area contributed by atoms with E-state index in [1.807, 2.05) is 30.3 Å². The Hall–Kier alpha value is -2.22. The van der Waals surface area contributed by atoms with Gasteiger partial charge in [0.05, 0.1) is 5.75 Å². The number of carbonyl (C=O) groups excluding carboxylic acids is 1. The number of benzene rings is 2. The minimum atomic E-state index is -3.58. The van der Waals surface area contributed by atoms with Crippen LogP contribution >= 0.6 is 0 Å². The SMILES string of the molecule is CO[C@@](C)(C(=O)Nc1ccc(CS(N)(=O)=O)cc1)c1ccccc1. The lowest BCUT2D eigenvalue weighted by Crippen LogP contribution is -2.39. The first-order chi connectivity index (χ1) is 11.2. The fraction of sp³-hybridized carbons (Fsp3) is 0.235. The third kappa shape index (κ3) is 4.41. The molecule has 2 rings (SSSR count). The summed E-state index contributed by atoms with van der Waals surface area (Å²) < 4.78 is 27.6. The number of rotatable bonds is 6. The molecule has 0 saturated heterocycles. The molecule has 1 amide bonds. The van der Waals surface area contributed by atoms with Crippen LogP contribution < -0.4 is 10.5 Å². The van der Waals surface area contributed by atoms with Crippen molar-refractivity contribution in [1.82, 2.24) is 0 Å². The normalized spacial score (nSPS) is 14.0. The fourth-order valence-corrected chi connectivity index (χ4v) is 2.92. The summed E-state index contributed by atoms with van der Waals surface area (Å²) in [5.74, 6) is -0.573. The number of anilines is 1. The molecular formula is C17H20N2O4S. The molecule has 24 heavy (non-hydrogen) atoms. The van der Waals surface area contributed by atoms with Crippen LogP contribution in [-0.4, -0.2) is 21.4 Å². The molecule has 0 radical (unpaired) electrons. The third-order valence-corrected chi connectivity index (χ3v) is 4.48. The number of nitrogens with two attached hydrogens (primary N) is 1. The van der Waals surface area contributed by atoms with Gasteiger partial charge in [0.15, 0.2) is 5.60 Å². The molecule has 3 N–H and O–H groups in total. The van der Waals surface area contributed by atoms with Crippen molar-refractivity contribution in [2.45, 2.75) is 18.3 Å². The summed E-state index contributed by atoms with van der Waals surface area (Å²) in [7, 11) is -2.11. The van der Waals surface area contributed by atoms with Crippen LogP contribution in [-0.2, 0) is 30.9 Å². The molecule has 7 heteroatoms. The van der Waals surface area contributed by atoms with Crippen molar-refractivity contribution in [3.05, 3.63) is 65.7 Å². The zero-order chi connectivity index (χ0) is 17.8. The molecule has 0 unspecified atom stereocenters. The van der Waals surface area contributed by atoms with Crippen molar-refractivity contribution in [2.75, 3.05) is 12.4 Å². The number of hydrogen-bond acceptors (Lipinski definition) is 4. The standard InChI is InChI=1S/C17H20N2O4S/c1-17(23-2,14-6-4-3-5-7-14)16(20)19-15-10-8-13(9-11-15)12-24(18,21)22/h3-11H,12H2,1-2H3,(H,19,20)(H2,18,21,22)/t17-/m1/s1. The Morgan fingerprint density at radius 1 is 1.12 bits per heavy atom. The lowest BCUT2D eigenvalue weighted by Gasteiger charge is -2.27. The average molecular weight is 348 g/mol. The molecule has 0 fully saturated rings. The molecule has 0 bridgehead atoms. The van der Waals surface area contributed by atoms with Gasteiger partial charge in [-0.1, -0.05) is 42.5 Å². The first-order valence-corrected chi connectivity index (χ1v) is 8.98. The van der Waals surface area contributed by atoms with Gasteiger partial charge in [0.1, 0.15) is 0 Å². The van der Waals surface area contributed by atoms with E-state index in [1.54, 1.807) is 31.2 Å². The van der Waals surface area contributed by atoms with Crippen LogP contribution in [0.25, 0.3) is 0 Å². The Bertz CT molecular complexity index is 804. The Kier molecular flexibility index (Phi) is 5.38. The minimum absolute atomic E-state index is 0.249. The maximum atomic E-state index is 12.6. The van der Waals surface area contributed by atoms with E-state index in [0.29, 0.717) is 11.3 Å². The third-order valence-electron chi connectivity index (χ3n) is 3.75. The predicted molar refractivity (Wildman–Crippen MR) is 92.7 cm³/mol. The van der Waals surface area contributed by atoms with Crippen molar-refractivity contribution in [3.63, 3.8) is 0 Å². The Morgan fingerprint density at radius 2 is 1.71 bits per heavy atom. The van der Waals surface area contributed by atoms with Gasteiger partial charge in [-0.15, -0.1) is 0 Å². The van der Waals surface area contributed by atoms with Crippen LogP contribution in [0.3, 0.4) is 0 Å². The largest absolute Gasteiger partial charge is 0.364 e. The van der Waals surface area contributed by atoms with E-state index in [1.165, 1.54) is 7.11 Å². The zero-order valence-electron chi connectivity index (χ0n) is 13.5. The van der Waals surface area contributed by atoms with Crippen LogP contribution in [0.4, 0.5) is 5.69 Å². The minimum Gasteiger partial charge on any atom is -0.364 e. The topological polar surface area (TPSA) is 98.5 Å². The van der Waals surface area contributed by atoms with Gasteiger partial charge < -0.3 is 10.1 Å². The van der Waals surface area contributed by atoms with E-state index >= 15 is 0 Å². The second kappa shape index (κ2) is 7.12. The number of carbonyl (C=O) groups is 1. The maximum Gasteiger partial charge on any atom is 0.260 e. The highest BCUT2D eigenvalue weighted by atomic mass is 32.2. The van der Waals surface area contributed by atoms with E-state index < -0.39 is 15.6 Å². The molecule has 0 heterocycles. The van der Waals surface area contributed by atoms with Gasteiger partial charge in [0, 0.05) is 12.8 Å². The van der Waals surface area contributed by atoms with Crippen LogP contribution in [0.15, 0.2) is 54.6 Å². The van der Waals surface area contributed by atoms with Gasteiger partial charge in [-0.2, -0.15) is 0 Å². The lowest BCUT2D eigenvalue weighted by atomic mass is 9.94. The predicted octanol–water partition coefficient (Wildman–Crippen LogP) is 1.98. The highest BCUT2D eigenvalue weighted by Gasteiger charge is 2.35. The lowest BCUT2D eigenvalue weighted by molar-refractivity contribution is -0.136. The summed E-state index contributed by atoms with van der Waals surface area (Å²) in [5, 5.41) is 7.79. The molecular weight excluding hydrogens is 328 g/mol. The summed E-state index contributed by atoms with van der Waals surface area (Å²) in [4.78, 5) is 12.6. The van der Waals surface area contributed by atoms with E-state index in [2.05, 4.69) is 5.32 Å². The van der Waals surface area contributed by atoms with Gasteiger partial charge >= 0.3 is 0 Å². The van der Waals surface area contributed by atoms with Gasteiger partial charge in [0.25, 0.3) is 5.91 Å². The molecule has 2 aromatic carbocycles. The Morgan fingerprint density at radius 3 is 2.21 bits per heavy atom. The second-order valence-corrected chi connectivity index (χ2v) is 7.18. The molecule has 2 aromatic rings. The molecule has 0 spiro atoms. The molecule has 0 aliphatic carbocycles. The summed E-state index contributed by atoms with van der Waals surface area (Å²) in [6, 6.07) is 15.6. The molecule has 0 aliphatic rings.